The SMILES string of the molecule is C[C@@H](Nc1ncnc2c1CN(c1ccc(F)cc1)C(=O)C21CCN(C)C1)c1cccc(C(F)(F)F)c1F. The normalized spacial score (nSPS) is 20.8. The van der Waals surface area contributed by atoms with Crippen molar-refractivity contribution in [2.24, 2.45) is 0 Å². The van der Waals surface area contributed by atoms with E-state index in [9.17, 15) is 26.7 Å². The van der Waals surface area contributed by atoms with Gasteiger partial charge in [-0.2, -0.15) is 13.2 Å². The van der Waals surface area contributed by atoms with E-state index in [0.717, 1.165) is 6.07 Å². The summed E-state index contributed by atoms with van der Waals surface area (Å²) in [7, 11) is 1.90. The maximum Gasteiger partial charge on any atom is 0.419 e. The van der Waals surface area contributed by atoms with Gasteiger partial charge in [-0.25, -0.2) is 18.7 Å². The molecule has 2 aliphatic rings. The summed E-state index contributed by atoms with van der Waals surface area (Å²) < 4.78 is 68.2. The molecular formula is C26H24F5N5O. The van der Waals surface area contributed by atoms with Crippen molar-refractivity contribution in [1.29, 1.82) is 0 Å². The number of nitrogens with zero attached hydrogens (tertiary/aromatic N) is 4. The summed E-state index contributed by atoms with van der Waals surface area (Å²) in [6.45, 7) is 2.66. The molecule has 0 aliphatic carbocycles. The first-order chi connectivity index (χ1) is 17.5. The number of hydrogen-bond acceptors (Lipinski definition) is 5. The number of rotatable bonds is 4. The fourth-order valence-electron chi connectivity index (χ4n) is 5.27. The molecule has 1 amide bonds. The van der Waals surface area contributed by atoms with Crippen molar-refractivity contribution < 1.29 is 26.7 Å². The highest BCUT2D eigenvalue weighted by Gasteiger charge is 2.53. The lowest BCUT2D eigenvalue weighted by atomic mass is 9.76. The number of fused-ring (bicyclic) bond motifs is 2. The zero-order valence-corrected chi connectivity index (χ0v) is 20.1. The molecule has 11 heteroatoms. The van der Waals surface area contributed by atoms with E-state index in [-0.39, 0.29) is 18.0 Å². The lowest BCUT2D eigenvalue weighted by Crippen LogP contribution is -2.53. The van der Waals surface area contributed by atoms with Crippen molar-refractivity contribution in [2.45, 2.75) is 37.5 Å². The van der Waals surface area contributed by atoms with Gasteiger partial charge in [-0.05, 0) is 57.3 Å². The van der Waals surface area contributed by atoms with Crippen LogP contribution in [0.2, 0.25) is 0 Å². The molecule has 5 rings (SSSR count). The summed E-state index contributed by atoms with van der Waals surface area (Å²) in [4.78, 5) is 26.2. The zero-order chi connectivity index (χ0) is 26.5. The number of halogens is 5. The number of anilines is 2. The molecule has 0 bridgehead atoms. The molecule has 2 aliphatic heterocycles. The van der Waals surface area contributed by atoms with Crippen LogP contribution in [0.1, 0.15) is 41.8 Å². The predicted octanol–water partition coefficient (Wildman–Crippen LogP) is 5.07. The predicted molar refractivity (Wildman–Crippen MR) is 127 cm³/mol. The molecule has 6 nitrogen and oxygen atoms in total. The smallest absolute Gasteiger partial charge is 0.363 e. The molecule has 194 valence electrons. The summed E-state index contributed by atoms with van der Waals surface area (Å²) in [5.74, 6) is -1.66. The lowest BCUT2D eigenvalue weighted by molar-refractivity contribution is -0.140. The van der Waals surface area contributed by atoms with E-state index in [1.165, 1.54) is 43.6 Å². The highest BCUT2D eigenvalue weighted by Crippen LogP contribution is 2.44. The maximum absolute atomic E-state index is 14.8. The lowest BCUT2D eigenvalue weighted by Gasteiger charge is -2.40. The number of carbonyl (C=O) groups is 1. The Kier molecular flexibility index (Phi) is 6.13. The third-order valence-corrected chi connectivity index (χ3v) is 7.12. The Morgan fingerprint density at radius 2 is 1.81 bits per heavy atom. The molecule has 1 N–H and O–H groups in total. The second-order valence-corrected chi connectivity index (χ2v) is 9.56. The fraction of sp³-hybridized carbons (Fsp3) is 0.346. The Morgan fingerprint density at radius 1 is 1.08 bits per heavy atom. The molecule has 1 unspecified atom stereocenters. The maximum atomic E-state index is 14.8. The Labute approximate surface area is 210 Å². The van der Waals surface area contributed by atoms with Crippen molar-refractivity contribution in [2.75, 3.05) is 30.4 Å². The summed E-state index contributed by atoms with van der Waals surface area (Å²) in [5.41, 5.74) is -0.863. The van der Waals surface area contributed by atoms with Crippen molar-refractivity contribution >= 4 is 17.4 Å². The van der Waals surface area contributed by atoms with Crippen LogP contribution < -0.4 is 10.2 Å². The van der Waals surface area contributed by atoms with E-state index in [1.54, 1.807) is 4.90 Å². The number of hydrogen-bond donors (Lipinski definition) is 1. The van der Waals surface area contributed by atoms with E-state index in [1.807, 2.05) is 11.9 Å². The van der Waals surface area contributed by atoms with E-state index >= 15 is 0 Å². The molecule has 2 aromatic carbocycles. The van der Waals surface area contributed by atoms with Gasteiger partial charge in [0.2, 0.25) is 5.91 Å². The summed E-state index contributed by atoms with van der Waals surface area (Å²) in [6.07, 6.45) is -3.02. The first-order valence-electron chi connectivity index (χ1n) is 11.7. The Bertz CT molecular complexity index is 1350. The number of carbonyl (C=O) groups excluding carboxylic acids is 1. The number of benzene rings is 2. The molecule has 0 radical (unpaired) electrons. The quantitative estimate of drug-likeness (QED) is 0.490. The van der Waals surface area contributed by atoms with Crippen LogP contribution in [0, 0.1) is 11.6 Å². The van der Waals surface area contributed by atoms with E-state index < -0.39 is 34.8 Å². The van der Waals surface area contributed by atoms with Gasteiger partial charge in [0, 0.05) is 23.4 Å². The van der Waals surface area contributed by atoms with E-state index in [0.29, 0.717) is 48.3 Å². The first kappa shape index (κ1) is 25.1. The molecular weight excluding hydrogens is 493 g/mol. The van der Waals surface area contributed by atoms with Gasteiger partial charge in [0.1, 0.15) is 29.2 Å². The highest BCUT2D eigenvalue weighted by atomic mass is 19.4. The van der Waals surface area contributed by atoms with Crippen molar-refractivity contribution in [3.8, 4) is 0 Å². The first-order valence-corrected chi connectivity index (χ1v) is 11.7. The fourth-order valence-corrected chi connectivity index (χ4v) is 5.27. The van der Waals surface area contributed by atoms with Crippen LogP contribution >= 0.6 is 0 Å². The summed E-state index contributed by atoms with van der Waals surface area (Å²) >= 11 is 0. The monoisotopic (exact) mass is 517 g/mol. The number of likely N-dealkylation sites (tertiary alicyclic amines) is 1. The largest absolute Gasteiger partial charge is 0.419 e. The third kappa shape index (κ3) is 4.30. The Hall–Kier alpha value is -3.60. The minimum absolute atomic E-state index is 0.0617. The van der Waals surface area contributed by atoms with Crippen LogP contribution in [0.3, 0.4) is 0 Å². The highest BCUT2D eigenvalue weighted by molar-refractivity contribution is 6.03. The van der Waals surface area contributed by atoms with Crippen LogP contribution in [-0.4, -0.2) is 40.9 Å². The number of alkyl halides is 3. The van der Waals surface area contributed by atoms with Gasteiger partial charge in [-0.15, -0.1) is 0 Å². The molecule has 3 heterocycles. The molecule has 0 saturated carbocycles. The van der Waals surface area contributed by atoms with Gasteiger partial charge >= 0.3 is 6.18 Å². The topological polar surface area (TPSA) is 61.4 Å². The van der Waals surface area contributed by atoms with Gasteiger partial charge in [0.25, 0.3) is 0 Å². The van der Waals surface area contributed by atoms with Crippen molar-refractivity contribution in [3.05, 3.63) is 82.8 Å². The third-order valence-electron chi connectivity index (χ3n) is 7.12. The van der Waals surface area contributed by atoms with Gasteiger partial charge in [-0.3, -0.25) is 4.79 Å². The standard InChI is InChI=1S/C26H24F5N5O/c1-15(18-4-3-5-20(21(18)28)26(29,30)31)34-23-19-12-36(17-8-6-16(27)7-9-17)24(37)25(10-11-35(2)13-25)22(19)32-14-33-23/h3-9,14-15H,10-13H2,1-2H3,(H,32,33,34)/t15-,25?/m1/s1. The van der Waals surface area contributed by atoms with Crippen LogP contribution in [0.4, 0.5) is 33.5 Å². The van der Waals surface area contributed by atoms with Gasteiger partial charge in [0.15, 0.2) is 0 Å². The van der Waals surface area contributed by atoms with Gasteiger partial charge < -0.3 is 15.1 Å². The minimum Gasteiger partial charge on any atom is -0.363 e. The van der Waals surface area contributed by atoms with Crippen LogP contribution in [0.15, 0.2) is 48.8 Å². The van der Waals surface area contributed by atoms with Crippen LogP contribution in [0.25, 0.3) is 0 Å². The molecule has 1 spiro atoms. The Balaban J connectivity index is 1.57. The number of amides is 1. The average Bonchev–Trinajstić information content (AvgIpc) is 3.24. The zero-order valence-electron chi connectivity index (χ0n) is 20.1. The molecule has 1 fully saturated rings. The molecule has 1 aromatic heterocycles. The van der Waals surface area contributed by atoms with Crippen molar-refractivity contribution in [3.63, 3.8) is 0 Å². The van der Waals surface area contributed by atoms with Crippen LogP contribution in [-0.2, 0) is 22.9 Å². The molecule has 2 atom stereocenters. The van der Waals surface area contributed by atoms with E-state index in [4.69, 9.17) is 0 Å². The van der Waals surface area contributed by atoms with E-state index in [2.05, 4.69) is 15.3 Å². The Morgan fingerprint density at radius 3 is 2.46 bits per heavy atom. The second-order valence-electron chi connectivity index (χ2n) is 9.56. The summed E-state index contributed by atoms with van der Waals surface area (Å²) in [6, 6.07) is 7.84. The average molecular weight is 518 g/mol. The van der Waals surface area contributed by atoms with Crippen molar-refractivity contribution in [1.82, 2.24) is 14.9 Å². The molecule has 3 aromatic rings. The molecule has 37 heavy (non-hydrogen) atoms. The number of aromatic nitrogens is 2. The number of nitrogens with one attached hydrogen (secondary N) is 1. The van der Waals surface area contributed by atoms with Crippen LogP contribution in [0.5, 0.6) is 0 Å². The summed E-state index contributed by atoms with van der Waals surface area (Å²) in [5, 5.41) is 3.05. The van der Waals surface area contributed by atoms with Gasteiger partial charge in [0.05, 0.1) is 23.8 Å². The van der Waals surface area contributed by atoms with Gasteiger partial charge in [-0.1, -0.05) is 12.1 Å². The molecule has 1 saturated heterocycles. The number of likely N-dealkylation sites (N-methyl/N-ethyl adjacent to an activating group) is 1. The second kappa shape index (κ2) is 9.05. The minimum atomic E-state index is -4.83.